The second-order valence-electron chi connectivity index (χ2n) is 5.80. The molecule has 0 aromatic heterocycles. The summed E-state index contributed by atoms with van der Waals surface area (Å²) in [6.45, 7) is 2.89. The molecule has 0 spiro atoms. The maximum atomic E-state index is 6.11. The van der Waals surface area contributed by atoms with Crippen molar-refractivity contribution in [1.82, 2.24) is 5.32 Å². The van der Waals surface area contributed by atoms with Gasteiger partial charge in [-0.05, 0) is 69.3 Å². The normalized spacial score (nSPS) is 22.7. The van der Waals surface area contributed by atoms with Crippen LogP contribution in [-0.4, -0.2) is 32.9 Å². The van der Waals surface area contributed by atoms with Crippen LogP contribution in [0.1, 0.15) is 31.7 Å². The van der Waals surface area contributed by atoms with Crippen LogP contribution in [-0.2, 0) is 11.2 Å². The molecule has 1 saturated carbocycles. The van der Waals surface area contributed by atoms with Crippen LogP contribution in [0.4, 0.5) is 0 Å². The number of nitrogens with one attached hydrogen (secondary N) is 1. The van der Waals surface area contributed by atoms with Crippen LogP contribution < -0.4 is 10.1 Å². The van der Waals surface area contributed by atoms with Gasteiger partial charge in [-0.2, -0.15) is 0 Å². The molecule has 1 aliphatic rings. The van der Waals surface area contributed by atoms with Crippen LogP contribution in [0.5, 0.6) is 5.75 Å². The maximum absolute atomic E-state index is 6.11. The Kier molecular flexibility index (Phi) is 6.34. The van der Waals surface area contributed by atoms with Gasteiger partial charge >= 0.3 is 0 Å². The Morgan fingerprint density at radius 3 is 2.76 bits per heavy atom. The molecule has 1 unspecified atom stereocenters. The first-order valence-corrected chi connectivity index (χ1v) is 8.15. The summed E-state index contributed by atoms with van der Waals surface area (Å²) >= 11 is 6.11. The van der Waals surface area contributed by atoms with Crippen molar-refractivity contribution in [1.29, 1.82) is 0 Å². The third-order valence-corrected chi connectivity index (χ3v) is 4.56. The summed E-state index contributed by atoms with van der Waals surface area (Å²) in [5.74, 6) is 1.68. The number of methoxy groups -OCH3 is 1. The van der Waals surface area contributed by atoms with E-state index in [-0.39, 0.29) is 0 Å². The molecular formula is C17H26ClNO2. The number of ether oxygens (including phenoxy) is 2. The van der Waals surface area contributed by atoms with Crippen LogP contribution in [0, 0.1) is 5.92 Å². The number of hydrogen-bond donors (Lipinski definition) is 1. The fourth-order valence-electron chi connectivity index (χ4n) is 3.12. The van der Waals surface area contributed by atoms with Gasteiger partial charge < -0.3 is 14.8 Å². The second-order valence-corrected chi connectivity index (χ2v) is 6.23. The van der Waals surface area contributed by atoms with Gasteiger partial charge in [-0.1, -0.05) is 11.6 Å². The average molecular weight is 312 g/mol. The molecule has 1 atom stereocenters. The number of hydrogen-bond acceptors (Lipinski definition) is 3. The van der Waals surface area contributed by atoms with Crippen molar-refractivity contribution < 1.29 is 9.47 Å². The Morgan fingerprint density at radius 1 is 1.38 bits per heavy atom. The smallest absolute Gasteiger partial charge is 0.122 e. The van der Waals surface area contributed by atoms with Gasteiger partial charge in [0.2, 0.25) is 0 Å². The van der Waals surface area contributed by atoms with Gasteiger partial charge in [-0.3, -0.25) is 0 Å². The minimum Gasteiger partial charge on any atom is -0.496 e. The van der Waals surface area contributed by atoms with Gasteiger partial charge in [0, 0.05) is 17.7 Å². The molecule has 0 radical (unpaired) electrons. The highest BCUT2D eigenvalue weighted by Crippen LogP contribution is 2.34. The van der Waals surface area contributed by atoms with Crippen molar-refractivity contribution in [3.8, 4) is 5.75 Å². The summed E-state index contributed by atoms with van der Waals surface area (Å²) in [6, 6.07) is 6.27. The molecular weight excluding hydrogens is 286 g/mol. The number of halogens is 1. The summed E-state index contributed by atoms with van der Waals surface area (Å²) in [4.78, 5) is 0. The Balaban J connectivity index is 1.89. The summed E-state index contributed by atoms with van der Waals surface area (Å²) in [6.07, 6.45) is 4.99. The molecule has 1 aromatic carbocycles. The topological polar surface area (TPSA) is 30.5 Å². The van der Waals surface area contributed by atoms with Gasteiger partial charge in [0.1, 0.15) is 5.75 Å². The highest BCUT2D eigenvalue weighted by molar-refractivity contribution is 6.30. The van der Waals surface area contributed by atoms with Crippen molar-refractivity contribution >= 4 is 11.6 Å². The maximum Gasteiger partial charge on any atom is 0.122 e. The summed E-state index contributed by atoms with van der Waals surface area (Å²) < 4.78 is 11.1. The van der Waals surface area contributed by atoms with Crippen molar-refractivity contribution in [2.24, 2.45) is 5.92 Å². The van der Waals surface area contributed by atoms with E-state index in [1.165, 1.54) is 24.8 Å². The SMILES string of the molecule is CCOC1CC(CC(Cc2cc(Cl)ccc2OC)NC)C1. The van der Waals surface area contributed by atoms with Crippen LogP contribution in [0.15, 0.2) is 18.2 Å². The first kappa shape index (κ1) is 16.6. The molecule has 0 heterocycles. The largest absolute Gasteiger partial charge is 0.496 e. The zero-order chi connectivity index (χ0) is 15.2. The lowest BCUT2D eigenvalue weighted by atomic mass is 9.77. The highest BCUT2D eigenvalue weighted by atomic mass is 35.5. The lowest BCUT2D eigenvalue weighted by Crippen LogP contribution is -2.38. The van der Waals surface area contributed by atoms with Crippen LogP contribution >= 0.6 is 11.6 Å². The molecule has 118 valence electrons. The first-order valence-electron chi connectivity index (χ1n) is 7.77. The van der Waals surface area contributed by atoms with Gasteiger partial charge in [-0.25, -0.2) is 0 Å². The quantitative estimate of drug-likeness (QED) is 0.794. The van der Waals surface area contributed by atoms with Gasteiger partial charge in [-0.15, -0.1) is 0 Å². The molecule has 1 aromatic rings. The van der Waals surface area contributed by atoms with Crippen molar-refractivity contribution in [2.45, 2.75) is 44.8 Å². The zero-order valence-electron chi connectivity index (χ0n) is 13.2. The average Bonchev–Trinajstić information content (AvgIpc) is 2.44. The van der Waals surface area contributed by atoms with E-state index in [1.807, 2.05) is 25.2 Å². The fourth-order valence-corrected chi connectivity index (χ4v) is 3.31. The molecule has 4 heteroatoms. The summed E-state index contributed by atoms with van der Waals surface area (Å²) in [5.41, 5.74) is 1.17. The van der Waals surface area contributed by atoms with Crippen molar-refractivity contribution in [3.63, 3.8) is 0 Å². The molecule has 3 nitrogen and oxygen atoms in total. The van der Waals surface area contributed by atoms with Crippen LogP contribution in [0.25, 0.3) is 0 Å². The van der Waals surface area contributed by atoms with Crippen molar-refractivity contribution in [3.05, 3.63) is 28.8 Å². The highest BCUT2D eigenvalue weighted by Gasteiger charge is 2.31. The molecule has 21 heavy (non-hydrogen) atoms. The zero-order valence-corrected chi connectivity index (χ0v) is 14.0. The summed E-state index contributed by atoms with van der Waals surface area (Å²) in [7, 11) is 3.74. The van der Waals surface area contributed by atoms with E-state index in [0.29, 0.717) is 12.1 Å². The lowest BCUT2D eigenvalue weighted by Gasteiger charge is -2.37. The Labute approximate surface area is 133 Å². The minimum atomic E-state index is 0.449. The van der Waals surface area contributed by atoms with E-state index in [0.717, 1.165) is 29.7 Å². The molecule has 0 bridgehead atoms. The third-order valence-electron chi connectivity index (χ3n) is 4.33. The fraction of sp³-hybridized carbons (Fsp3) is 0.647. The molecule has 0 aliphatic heterocycles. The molecule has 0 amide bonds. The van der Waals surface area contributed by atoms with E-state index in [2.05, 4.69) is 12.2 Å². The Bertz CT molecular complexity index is 446. The predicted molar refractivity (Wildman–Crippen MR) is 87.3 cm³/mol. The van der Waals surface area contributed by atoms with Gasteiger partial charge in [0.05, 0.1) is 13.2 Å². The van der Waals surface area contributed by atoms with Gasteiger partial charge in [0.25, 0.3) is 0 Å². The van der Waals surface area contributed by atoms with E-state index in [4.69, 9.17) is 21.1 Å². The summed E-state index contributed by atoms with van der Waals surface area (Å²) in [5, 5.41) is 4.19. The molecule has 1 N–H and O–H groups in total. The molecule has 1 fully saturated rings. The minimum absolute atomic E-state index is 0.449. The Hall–Kier alpha value is -0.770. The molecule has 1 aliphatic carbocycles. The lowest BCUT2D eigenvalue weighted by molar-refractivity contribution is -0.0288. The monoisotopic (exact) mass is 311 g/mol. The third kappa shape index (κ3) is 4.60. The Morgan fingerprint density at radius 2 is 2.14 bits per heavy atom. The van der Waals surface area contributed by atoms with E-state index in [9.17, 15) is 0 Å². The van der Waals surface area contributed by atoms with Crippen molar-refractivity contribution in [2.75, 3.05) is 20.8 Å². The van der Waals surface area contributed by atoms with Crippen LogP contribution in [0.2, 0.25) is 5.02 Å². The van der Waals surface area contributed by atoms with Gasteiger partial charge in [0.15, 0.2) is 0 Å². The van der Waals surface area contributed by atoms with Crippen LogP contribution in [0.3, 0.4) is 0 Å². The second kappa shape index (κ2) is 8.02. The number of benzene rings is 1. The number of rotatable bonds is 8. The van der Waals surface area contributed by atoms with E-state index in [1.54, 1.807) is 7.11 Å². The number of likely N-dealkylation sites (N-methyl/N-ethyl adjacent to an activating group) is 1. The standard InChI is InChI=1S/C17H26ClNO2/c1-4-21-16-8-12(9-16)7-15(19-2)11-13-10-14(18)5-6-17(13)20-3/h5-6,10,12,15-16,19H,4,7-9,11H2,1-3H3. The van der Waals surface area contributed by atoms with E-state index >= 15 is 0 Å². The van der Waals surface area contributed by atoms with E-state index < -0.39 is 0 Å². The molecule has 2 rings (SSSR count). The first-order chi connectivity index (χ1) is 10.2. The predicted octanol–water partition coefficient (Wildman–Crippen LogP) is 3.68. The molecule has 0 saturated heterocycles.